The Morgan fingerprint density at radius 2 is 2.16 bits per heavy atom. The van der Waals surface area contributed by atoms with Gasteiger partial charge in [-0.25, -0.2) is 4.98 Å². The second-order valence-corrected chi connectivity index (χ2v) is 5.25. The Morgan fingerprint density at radius 3 is 3.00 bits per heavy atom. The molecule has 0 unspecified atom stereocenters. The quantitative estimate of drug-likeness (QED) is 0.535. The Morgan fingerprint density at radius 1 is 1.21 bits per heavy atom. The van der Waals surface area contributed by atoms with Crippen molar-refractivity contribution in [2.75, 3.05) is 12.3 Å². The molecule has 5 heteroatoms. The molecular weight excluding hydrogens is 258 g/mol. The maximum atomic E-state index is 5.25. The maximum Gasteiger partial charge on any atom is 0.166 e. The number of nitrogens with zero attached hydrogens (tertiary/aromatic N) is 1. The van der Waals surface area contributed by atoms with Gasteiger partial charge in [0.15, 0.2) is 5.16 Å². The van der Waals surface area contributed by atoms with Crippen LogP contribution in [0.4, 0.5) is 0 Å². The van der Waals surface area contributed by atoms with E-state index < -0.39 is 0 Å². The van der Waals surface area contributed by atoms with E-state index in [2.05, 4.69) is 15.3 Å². The summed E-state index contributed by atoms with van der Waals surface area (Å²) in [6.45, 7) is 1.69. The molecule has 0 aliphatic carbocycles. The number of para-hydroxylation sites is 2. The first-order chi connectivity index (χ1) is 9.42. The maximum absolute atomic E-state index is 5.25. The van der Waals surface area contributed by atoms with Gasteiger partial charge >= 0.3 is 0 Å². The number of furan rings is 1. The molecular formula is C14H15N3OS. The van der Waals surface area contributed by atoms with Crippen LogP contribution in [0.15, 0.2) is 52.2 Å². The zero-order valence-corrected chi connectivity index (χ0v) is 11.2. The molecule has 2 N–H and O–H groups in total. The summed E-state index contributed by atoms with van der Waals surface area (Å²) < 4.78 is 5.25. The predicted octanol–water partition coefficient (Wildman–Crippen LogP) is 3.04. The highest BCUT2D eigenvalue weighted by Gasteiger charge is 2.02. The molecule has 3 rings (SSSR count). The van der Waals surface area contributed by atoms with E-state index >= 15 is 0 Å². The van der Waals surface area contributed by atoms with Crippen LogP contribution in [-0.4, -0.2) is 22.3 Å². The van der Waals surface area contributed by atoms with Crippen molar-refractivity contribution in [3.05, 3.63) is 48.4 Å². The van der Waals surface area contributed by atoms with Crippen LogP contribution in [0.5, 0.6) is 0 Å². The molecule has 0 amide bonds. The van der Waals surface area contributed by atoms with Gasteiger partial charge in [0.05, 0.1) is 23.8 Å². The second kappa shape index (κ2) is 5.95. The number of thioether (sulfide) groups is 1. The summed E-state index contributed by atoms with van der Waals surface area (Å²) in [6.07, 6.45) is 1.69. The molecule has 19 heavy (non-hydrogen) atoms. The summed E-state index contributed by atoms with van der Waals surface area (Å²) in [6, 6.07) is 12.0. The molecule has 0 bridgehead atoms. The van der Waals surface area contributed by atoms with Gasteiger partial charge < -0.3 is 14.7 Å². The normalized spacial score (nSPS) is 11.2. The zero-order valence-electron chi connectivity index (χ0n) is 10.4. The van der Waals surface area contributed by atoms with Crippen molar-refractivity contribution in [3.63, 3.8) is 0 Å². The van der Waals surface area contributed by atoms with Crippen LogP contribution in [0.25, 0.3) is 11.0 Å². The van der Waals surface area contributed by atoms with E-state index in [0.717, 1.165) is 40.8 Å². The predicted molar refractivity (Wildman–Crippen MR) is 77.2 cm³/mol. The highest BCUT2D eigenvalue weighted by Crippen LogP contribution is 2.18. The van der Waals surface area contributed by atoms with E-state index in [-0.39, 0.29) is 0 Å². The smallest absolute Gasteiger partial charge is 0.166 e. The first-order valence-electron chi connectivity index (χ1n) is 6.22. The summed E-state index contributed by atoms with van der Waals surface area (Å²) in [5.41, 5.74) is 2.11. The molecule has 2 heterocycles. The van der Waals surface area contributed by atoms with Crippen molar-refractivity contribution < 1.29 is 4.42 Å². The standard InChI is InChI=1S/C14H15N3OS/c1-2-6-13-12(5-1)16-14(17-13)19-9-7-15-10-11-4-3-8-18-11/h1-6,8,15H,7,9-10H2,(H,16,17). The molecule has 0 aliphatic heterocycles. The van der Waals surface area contributed by atoms with Gasteiger partial charge in [0.1, 0.15) is 5.76 Å². The minimum absolute atomic E-state index is 0.772. The minimum atomic E-state index is 0.772. The minimum Gasteiger partial charge on any atom is -0.468 e. The van der Waals surface area contributed by atoms with Crippen molar-refractivity contribution in [3.8, 4) is 0 Å². The average molecular weight is 273 g/mol. The van der Waals surface area contributed by atoms with E-state index in [1.807, 2.05) is 36.4 Å². The van der Waals surface area contributed by atoms with Crippen molar-refractivity contribution >= 4 is 22.8 Å². The third kappa shape index (κ3) is 3.19. The zero-order chi connectivity index (χ0) is 12.9. The van der Waals surface area contributed by atoms with E-state index in [0.29, 0.717) is 0 Å². The van der Waals surface area contributed by atoms with E-state index in [1.165, 1.54) is 0 Å². The summed E-state index contributed by atoms with van der Waals surface area (Å²) in [5.74, 6) is 1.94. The topological polar surface area (TPSA) is 53.9 Å². The lowest BCUT2D eigenvalue weighted by atomic mass is 10.3. The molecule has 0 radical (unpaired) electrons. The molecule has 0 atom stereocenters. The Kier molecular flexibility index (Phi) is 3.86. The monoisotopic (exact) mass is 273 g/mol. The fraction of sp³-hybridized carbons (Fsp3) is 0.214. The first kappa shape index (κ1) is 12.3. The van der Waals surface area contributed by atoms with Crippen LogP contribution in [0, 0.1) is 0 Å². The summed E-state index contributed by atoms with van der Waals surface area (Å²) in [5, 5.41) is 4.31. The van der Waals surface area contributed by atoms with Crippen LogP contribution < -0.4 is 5.32 Å². The van der Waals surface area contributed by atoms with Gasteiger partial charge in [0.2, 0.25) is 0 Å². The van der Waals surface area contributed by atoms with Crippen LogP contribution in [-0.2, 0) is 6.54 Å². The van der Waals surface area contributed by atoms with Crippen molar-refractivity contribution in [1.29, 1.82) is 0 Å². The molecule has 0 fully saturated rings. The Balaban J connectivity index is 1.44. The van der Waals surface area contributed by atoms with Crippen LogP contribution >= 0.6 is 11.8 Å². The average Bonchev–Trinajstić information content (AvgIpc) is 3.06. The Labute approximate surface area is 115 Å². The number of rotatable bonds is 6. The lowest BCUT2D eigenvalue weighted by molar-refractivity contribution is 0.488. The molecule has 3 aromatic rings. The number of aromatic nitrogens is 2. The van der Waals surface area contributed by atoms with Crippen molar-refractivity contribution in [2.45, 2.75) is 11.7 Å². The van der Waals surface area contributed by atoms with Crippen LogP contribution in [0.1, 0.15) is 5.76 Å². The molecule has 2 aromatic heterocycles. The fourth-order valence-corrected chi connectivity index (χ4v) is 2.63. The molecule has 98 valence electrons. The first-order valence-corrected chi connectivity index (χ1v) is 7.21. The fourth-order valence-electron chi connectivity index (χ4n) is 1.84. The number of benzene rings is 1. The highest BCUT2D eigenvalue weighted by atomic mass is 32.2. The molecule has 0 spiro atoms. The SMILES string of the molecule is c1coc(CNCCSc2nc3ccccc3[nH]2)c1. The van der Waals surface area contributed by atoms with E-state index in [1.54, 1.807) is 18.0 Å². The van der Waals surface area contributed by atoms with Gasteiger partial charge in [0.25, 0.3) is 0 Å². The Bertz CT molecular complexity index is 600. The van der Waals surface area contributed by atoms with Gasteiger partial charge in [-0.2, -0.15) is 0 Å². The molecule has 4 nitrogen and oxygen atoms in total. The number of H-pyrrole nitrogens is 1. The number of imidazole rings is 1. The number of hydrogen-bond donors (Lipinski definition) is 2. The molecule has 1 aromatic carbocycles. The highest BCUT2D eigenvalue weighted by molar-refractivity contribution is 7.99. The lowest BCUT2D eigenvalue weighted by Crippen LogP contribution is -2.16. The third-order valence-corrected chi connectivity index (χ3v) is 3.64. The van der Waals surface area contributed by atoms with Gasteiger partial charge in [-0.3, -0.25) is 0 Å². The number of fused-ring (bicyclic) bond motifs is 1. The number of nitrogens with one attached hydrogen (secondary N) is 2. The second-order valence-electron chi connectivity index (χ2n) is 4.16. The molecule has 0 saturated carbocycles. The lowest BCUT2D eigenvalue weighted by Gasteiger charge is -2.00. The third-order valence-electron chi connectivity index (χ3n) is 2.76. The number of hydrogen-bond acceptors (Lipinski definition) is 4. The molecule has 0 aliphatic rings. The van der Waals surface area contributed by atoms with Gasteiger partial charge in [-0.1, -0.05) is 23.9 Å². The van der Waals surface area contributed by atoms with Gasteiger partial charge in [-0.05, 0) is 24.3 Å². The summed E-state index contributed by atoms with van der Waals surface area (Å²) in [7, 11) is 0. The summed E-state index contributed by atoms with van der Waals surface area (Å²) >= 11 is 1.72. The Hall–Kier alpha value is -1.72. The van der Waals surface area contributed by atoms with Crippen LogP contribution in [0.2, 0.25) is 0 Å². The van der Waals surface area contributed by atoms with E-state index in [9.17, 15) is 0 Å². The van der Waals surface area contributed by atoms with E-state index in [4.69, 9.17) is 4.42 Å². The largest absolute Gasteiger partial charge is 0.468 e. The van der Waals surface area contributed by atoms with Crippen LogP contribution in [0.3, 0.4) is 0 Å². The van der Waals surface area contributed by atoms with Gasteiger partial charge in [0, 0.05) is 12.3 Å². The number of aromatic amines is 1. The summed E-state index contributed by atoms with van der Waals surface area (Å²) in [4.78, 5) is 7.83. The van der Waals surface area contributed by atoms with Crippen molar-refractivity contribution in [1.82, 2.24) is 15.3 Å². The van der Waals surface area contributed by atoms with Crippen molar-refractivity contribution in [2.24, 2.45) is 0 Å². The molecule has 0 saturated heterocycles. The van der Waals surface area contributed by atoms with Gasteiger partial charge in [-0.15, -0.1) is 0 Å².